The molecule has 3 aliphatic heterocycles. The number of hydrogen-bond donors (Lipinski definition) is 1. The van der Waals surface area contributed by atoms with Crippen molar-refractivity contribution < 1.29 is 85.6 Å². The van der Waals surface area contributed by atoms with Gasteiger partial charge < -0.3 is 61.6 Å². The lowest BCUT2D eigenvalue weighted by Gasteiger charge is -2.78. The number of aliphatic hydroxyl groups excluding tert-OH is 1. The average Bonchev–Trinajstić information content (AvgIpc) is 4.03. The van der Waals surface area contributed by atoms with Crippen LogP contribution in [0.1, 0.15) is 106 Å². The maximum atomic E-state index is 14.3. The molecule has 18 nitrogen and oxygen atoms in total. The van der Waals surface area contributed by atoms with E-state index in [2.05, 4.69) is 0 Å². The fourth-order valence-corrected chi connectivity index (χ4v) is 14.0. The molecule has 4 heterocycles. The molecule has 18 heteroatoms. The summed E-state index contributed by atoms with van der Waals surface area (Å²) in [4.78, 5) is 69.5. The van der Waals surface area contributed by atoms with E-state index in [1.807, 2.05) is 0 Å². The second-order valence-corrected chi connectivity index (χ2v) is 18.4. The van der Waals surface area contributed by atoms with Gasteiger partial charge in [0.2, 0.25) is 0 Å². The molecule has 0 amide bonds. The van der Waals surface area contributed by atoms with E-state index in [0.29, 0.717) is 5.56 Å². The van der Waals surface area contributed by atoms with E-state index in [1.54, 1.807) is 53.7 Å². The zero-order chi connectivity index (χ0) is 44.8. The van der Waals surface area contributed by atoms with Gasteiger partial charge >= 0.3 is 29.8 Å². The van der Waals surface area contributed by atoms with Gasteiger partial charge in [0.15, 0.2) is 16.8 Å². The van der Waals surface area contributed by atoms with Crippen LogP contribution >= 0.6 is 0 Å². The first-order valence-corrected chi connectivity index (χ1v) is 20.6. The van der Waals surface area contributed by atoms with E-state index in [4.69, 9.17) is 56.5 Å². The zero-order valence-electron chi connectivity index (χ0n) is 36.6. The van der Waals surface area contributed by atoms with E-state index in [0.717, 1.165) is 0 Å². The van der Waals surface area contributed by atoms with Crippen LogP contribution in [0.25, 0.3) is 0 Å². The van der Waals surface area contributed by atoms with Crippen LogP contribution < -0.4 is 0 Å². The van der Waals surface area contributed by atoms with Crippen LogP contribution in [0.4, 0.5) is 0 Å². The number of methoxy groups -OCH3 is 3. The molecule has 1 unspecified atom stereocenters. The number of allylic oxidation sites excluding steroid dienone is 1. The molecule has 7 fully saturated rings. The Morgan fingerprint density at radius 1 is 0.934 bits per heavy atom. The Morgan fingerprint density at radius 2 is 1.61 bits per heavy atom. The molecule has 2 spiro atoms. The van der Waals surface area contributed by atoms with E-state index < -0.39 is 123 Å². The molecule has 1 N–H and O–H groups in total. The van der Waals surface area contributed by atoms with Gasteiger partial charge in [-0.15, -0.1) is 0 Å². The highest BCUT2D eigenvalue weighted by molar-refractivity contribution is 5.88. The van der Waals surface area contributed by atoms with Crippen LogP contribution in [0, 0.1) is 22.2 Å². The van der Waals surface area contributed by atoms with Crippen molar-refractivity contribution in [2.24, 2.45) is 22.2 Å². The summed E-state index contributed by atoms with van der Waals surface area (Å²) in [7, 11) is 3.78. The second-order valence-electron chi connectivity index (χ2n) is 18.4. The molecule has 4 aliphatic carbocycles. The molecule has 61 heavy (non-hydrogen) atoms. The van der Waals surface area contributed by atoms with Crippen molar-refractivity contribution in [2.75, 3.05) is 21.3 Å². The maximum Gasteiger partial charge on any atom is 0.333 e. The minimum Gasteiger partial charge on any atom is -0.472 e. The summed E-state index contributed by atoms with van der Waals surface area (Å²) >= 11 is 0. The van der Waals surface area contributed by atoms with E-state index in [-0.39, 0.29) is 31.3 Å². The largest absolute Gasteiger partial charge is 0.472 e. The highest BCUT2D eigenvalue weighted by Gasteiger charge is 3.08. The first-order valence-electron chi connectivity index (χ1n) is 20.6. The maximum absolute atomic E-state index is 14.3. The van der Waals surface area contributed by atoms with Crippen LogP contribution in [0.5, 0.6) is 0 Å². The predicted octanol–water partition coefficient (Wildman–Crippen LogP) is 3.85. The van der Waals surface area contributed by atoms with Gasteiger partial charge in [-0.25, -0.2) is 4.79 Å². The number of furan rings is 1. The number of esters is 5. The van der Waals surface area contributed by atoms with Crippen LogP contribution in [0.15, 0.2) is 34.7 Å². The standard InChI is InChI=1S/C43H56O18/c1-13-22(3)31(49)55-32-34(6)21-39(56-24(5)45)36(8,26(34)17-28(47)50-10)42-27(46)18-35(7,30(54-23(4)44)25-15-16-53-20-25)38(19-29(48)51-11)43(42,60-37(9,58-38)59-42)33-41(32,39)61-40(14-2,52-12)57-33/h13,15-16,20,26-27,30,32-33,46H,14,17-19,21H2,1-12H3/b22-13+/t26-,27+,30-,32-,33+,34-,35-,36+,37?,38-,39+,40+,41-,42-,43-/m0/s1. The molecular weight excluding hydrogens is 804 g/mol. The van der Waals surface area contributed by atoms with Crippen molar-refractivity contribution >= 4 is 29.8 Å². The van der Waals surface area contributed by atoms with Crippen molar-refractivity contribution in [3.63, 3.8) is 0 Å². The Bertz CT molecular complexity index is 2080. The fourth-order valence-electron chi connectivity index (χ4n) is 14.0. The monoisotopic (exact) mass is 860 g/mol. The Balaban J connectivity index is 1.58. The number of fused-ring (bicyclic) bond motifs is 2. The van der Waals surface area contributed by atoms with Crippen LogP contribution in [-0.2, 0) is 76.1 Å². The molecule has 7 aliphatic rings. The molecule has 336 valence electrons. The van der Waals surface area contributed by atoms with Crippen molar-refractivity contribution in [2.45, 2.75) is 159 Å². The second kappa shape index (κ2) is 13.3. The van der Waals surface area contributed by atoms with Gasteiger partial charge in [0.05, 0.1) is 39.3 Å². The van der Waals surface area contributed by atoms with Gasteiger partial charge in [-0.05, 0) is 32.3 Å². The number of ether oxygens (including phenoxy) is 11. The molecule has 15 atom stereocenters. The molecule has 0 aromatic carbocycles. The molecule has 1 aromatic heterocycles. The minimum absolute atomic E-state index is 0.0115. The molecule has 0 radical (unpaired) electrons. The minimum atomic E-state index is -2.31. The average molecular weight is 861 g/mol. The van der Waals surface area contributed by atoms with E-state index >= 15 is 0 Å². The Kier molecular flexibility index (Phi) is 9.54. The lowest BCUT2D eigenvalue weighted by molar-refractivity contribution is -0.467. The quantitative estimate of drug-likeness (QED) is 0.179. The van der Waals surface area contributed by atoms with Crippen molar-refractivity contribution in [1.82, 2.24) is 0 Å². The predicted molar refractivity (Wildman–Crippen MR) is 202 cm³/mol. The summed E-state index contributed by atoms with van der Waals surface area (Å²) in [5, 5.41) is 13.6. The lowest BCUT2D eigenvalue weighted by Crippen LogP contribution is -2.98. The first-order chi connectivity index (χ1) is 28.5. The molecular formula is C43H56O18. The summed E-state index contributed by atoms with van der Waals surface area (Å²) in [6.07, 6.45) is -3.28. The SMILES string of the molecule is C/C=C(\C)C(=O)O[C@H]1[C@@]2(C)C[C@]3(OC(C)=O)[C@]14O[C@](CC)(OC)O[C@H]4[C@]14OC5(C)O[C@@]1(CC(=O)OC)[C@](C)([C@@H](OC(C)=O)c1ccoc1)C[C@@H](O)[C@]4(O5)[C@]3(C)[C@H]2CC(=O)OC. The number of carbonyl (C=O) groups excluding carboxylic acids is 5. The molecule has 4 saturated carbocycles. The van der Waals surface area contributed by atoms with Gasteiger partial charge in [-0.2, -0.15) is 0 Å². The summed E-state index contributed by atoms with van der Waals surface area (Å²) in [5.74, 6) is -8.92. The smallest absolute Gasteiger partial charge is 0.333 e. The highest BCUT2D eigenvalue weighted by atomic mass is 17.0. The summed E-state index contributed by atoms with van der Waals surface area (Å²) in [6, 6.07) is 1.58. The summed E-state index contributed by atoms with van der Waals surface area (Å²) in [5.41, 5.74) is -15.1. The lowest BCUT2D eigenvalue weighted by atomic mass is 9.32. The Labute approximate surface area is 353 Å². The molecule has 3 saturated heterocycles. The van der Waals surface area contributed by atoms with Gasteiger partial charge in [0.25, 0.3) is 11.9 Å². The normalized spacial score (nSPS) is 47.6. The molecule has 4 bridgehead atoms. The molecule has 1 aromatic rings. The third-order valence-corrected chi connectivity index (χ3v) is 15.9. The third kappa shape index (κ3) is 4.69. The van der Waals surface area contributed by atoms with Gasteiger partial charge in [-0.3, -0.25) is 19.2 Å². The summed E-state index contributed by atoms with van der Waals surface area (Å²) < 4.78 is 78.1. The summed E-state index contributed by atoms with van der Waals surface area (Å²) in [6.45, 7) is 14.1. The van der Waals surface area contributed by atoms with Crippen molar-refractivity contribution in [3.05, 3.63) is 35.8 Å². The number of hydrogen-bond acceptors (Lipinski definition) is 18. The third-order valence-electron chi connectivity index (χ3n) is 15.9. The van der Waals surface area contributed by atoms with E-state index in [1.165, 1.54) is 54.6 Å². The zero-order valence-corrected chi connectivity index (χ0v) is 36.6. The van der Waals surface area contributed by atoms with E-state index in [9.17, 15) is 29.1 Å². The number of rotatable bonds is 12. The Morgan fingerprint density at radius 3 is 2.16 bits per heavy atom. The van der Waals surface area contributed by atoms with Gasteiger partial charge in [0.1, 0.15) is 29.5 Å². The van der Waals surface area contributed by atoms with Crippen LogP contribution in [0.2, 0.25) is 0 Å². The molecule has 8 rings (SSSR count). The van der Waals surface area contributed by atoms with Gasteiger partial charge in [-0.1, -0.05) is 33.8 Å². The van der Waals surface area contributed by atoms with Gasteiger partial charge in [0, 0.05) is 74.5 Å². The fraction of sp³-hybridized carbons (Fsp3) is 0.744. The van der Waals surface area contributed by atoms with Crippen molar-refractivity contribution in [3.8, 4) is 0 Å². The topological polar surface area (TPSA) is 220 Å². The number of carbonyl (C=O) groups is 5. The van der Waals surface area contributed by atoms with Crippen LogP contribution in [0.3, 0.4) is 0 Å². The number of aliphatic hydroxyl groups is 1. The highest BCUT2D eigenvalue weighted by Crippen LogP contribution is 2.91. The Hall–Kier alpha value is -3.91. The first kappa shape index (κ1) is 43.7. The van der Waals surface area contributed by atoms with Crippen molar-refractivity contribution in [1.29, 1.82) is 0 Å². The van der Waals surface area contributed by atoms with Crippen LogP contribution in [-0.4, -0.2) is 115 Å².